The fraction of sp³-hybridized carbons (Fsp3) is 0.778. The molecule has 1 aromatic heterocycles. The van der Waals surface area contributed by atoms with Crippen LogP contribution in [0, 0.1) is 0 Å². The first-order chi connectivity index (χ1) is 6.93. The molecule has 1 N–H and O–H groups in total. The molecule has 0 aliphatic carbocycles. The quantitative estimate of drug-likeness (QED) is 0.784. The van der Waals surface area contributed by atoms with Crippen LogP contribution in [0.3, 0.4) is 0 Å². The summed E-state index contributed by atoms with van der Waals surface area (Å²) < 4.78 is 2.03. The van der Waals surface area contributed by atoms with Crippen LogP contribution in [0.5, 0.6) is 0 Å². The third-order valence-electron chi connectivity index (χ3n) is 2.89. The van der Waals surface area contributed by atoms with E-state index in [0.717, 1.165) is 12.4 Å². The molecule has 3 rings (SSSR count). The standard InChI is InChI=1S/C9H14N4S/c1-2-8(12-7-4-14-5-7)9-10-6-11-13(9)3-1/h6-8,12H,1-5H2. The second-order valence-electron chi connectivity index (χ2n) is 3.94. The number of aryl methyl sites for hydroxylation is 1. The highest BCUT2D eigenvalue weighted by Gasteiger charge is 2.27. The first kappa shape index (κ1) is 8.73. The van der Waals surface area contributed by atoms with Gasteiger partial charge in [0.05, 0.1) is 6.04 Å². The zero-order valence-corrected chi connectivity index (χ0v) is 8.83. The highest BCUT2D eigenvalue weighted by molar-refractivity contribution is 8.00. The van der Waals surface area contributed by atoms with Gasteiger partial charge >= 0.3 is 0 Å². The molecule has 0 spiro atoms. The van der Waals surface area contributed by atoms with Crippen molar-refractivity contribution in [3.8, 4) is 0 Å². The van der Waals surface area contributed by atoms with Crippen LogP contribution < -0.4 is 5.32 Å². The molecule has 2 aliphatic rings. The van der Waals surface area contributed by atoms with Crippen molar-refractivity contribution in [1.82, 2.24) is 20.1 Å². The maximum Gasteiger partial charge on any atom is 0.143 e. The molecule has 0 amide bonds. The summed E-state index contributed by atoms with van der Waals surface area (Å²) in [5, 5.41) is 7.87. The molecule has 0 bridgehead atoms. The van der Waals surface area contributed by atoms with E-state index in [-0.39, 0.29) is 0 Å². The molecule has 1 atom stereocenters. The Morgan fingerprint density at radius 1 is 1.50 bits per heavy atom. The molecule has 14 heavy (non-hydrogen) atoms. The van der Waals surface area contributed by atoms with Gasteiger partial charge in [0, 0.05) is 24.1 Å². The highest BCUT2D eigenvalue weighted by atomic mass is 32.2. The predicted molar refractivity (Wildman–Crippen MR) is 56.2 cm³/mol. The number of thioether (sulfide) groups is 1. The van der Waals surface area contributed by atoms with E-state index in [1.54, 1.807) is 6.33 Å². The SMILES string of the molecule is c1nc2n(n1)CCCC2NC1CSC1. The summed E-state index contributed by atoms with van der Waals surface area (Å²) in [6, 6.07) is 1.14. The third-order valence-corrected chi connectivity index (χ3v) is 4.17. The van der Waals surface area contributed by atoms with Gasteiger partial charge < -0.3 is 5.32 Å². The topological polar surface area (TPSA) is 42.7 Å². The average molecular weight is 210 g/mol. The van der Waals surface area contributed by atoms with Crippen LogP contribution in [-0.2, 0) is 6.54 Å². The molecule has 0 saturated carbocycles. The van der Waals surface area contributed by atoms with Crippen LogP contribution in [0.4, 0.5) is 0 Å². The van der Waals surface area contributed by atoms with E-state index in [4.69, 9.17) is 0 Å². The molecule has 0 aromatic carbocycles. The number of aromatic nitrogens is 3. The summed E-state index contributed by atoms with van der Waals surface area (Å²) in [5.41, 5.74) is 0. The molecule has 1 aromatic rings. The van der Waals surface area contributed by atoms with E-state index in [9.17, 15) is 0 Å². The molecule has 1 unspecified atom stereocenters. The van der Waals surface area contributed by atoms with Crippen LogP contribution >= 0.6 is 11.8 Å². The van der Waals surface area contributed by atoms with Crippen molar-refractivity contribution in [3.63, 3.8) is 0 Å². The number of hydrogen-bond acceptors (Lipinski definition) is 4. The van der Waals surface area contributed by atoms with Crippen LogP contribution in [0.25, 0.3) is 0 Å². The molecule has 3 heterocycles. The number of nitrogens with zero attached hydrogens (tertiary/aromatic N) is 3. The van der Waals surface area contributed by atoms with Crippen molar-refractivity contribution >= 4 is 11.8 Å². The molecule has 5 heteroatoms. The van der Waals surface area contributed by atoms with Crippen LogP contribution in [-0.4, -0.2) is 32.3 Å². The summed E-state index contributed by atoms with van der Waals surface area (Å²) in [7, 11) is 0. The molecule has 4 nitrogen and oxygen atoms in total. The Balaban J connectivity index is 1.74. The lowest BCUT2D eigenvalue weighted by molar-refractivity contribution is 0.348. The lowest BCUT2D eigenvalue weighted by Crippen LogP contribution is -2.44. The van der Waals surface area contributed by atoms with Crippen molar-refractivity contribution in [1.29, 1.82) is 0 Å². The van der Waals surface area contributed by atoms with Gasteiger partial charge in [0.15, 0.2) is 0 Å². The van der Waals surface area contributed by atoms with E-state index < -0.39 is 0 Å². The molecule has 1 saturated heterocycles. The minimum Gasteiger partial charge on any atom is -0.303 e. The Morgan fingerprint density at radius 2 is 2.43 bits per heavy atom. The summed E-state index contributed by atoms with van der Waals surface area (Å²) in [6.07, 6.45) is 4.10. The minimum atomic E-state index is 0.442. The van der Waals surface area contributed by atoms with Gasteiger partial charge in [0.2, 0.25) is 0 Å². The fourth-order valence-corrected chi connectivity index (χ4v) is 2.73. The molecule has 2 aliphatic heterocycles. The monoisotopic (exact) mass is 210 g/mol. The molecule has 0 radical (unpaired) electrons. The van der Waals surface area contributed by atoms with Crippen molar-refractivity contribution in [2.75, 3.05) is 11.5 Å². The van der Waals surface area contributed by atoms with E-state index in [2.05, 4.69) is 15.4 Å². The van der Waals surface area contributed by atoms with Gasteiger partial charge in [0.1, 0.15) is 12.2 Å². The summed E-state index contributed by atoms with van der Waals surface area (Å²) in [5.74, 6) is 3.64. The maximum atomic E-state index is 4.33. The van der Waals surface area contributed by atoms with Gasteiger partial charge in [-0.3, -0.25) is 0 Å². The Labute approximate surface area is 87.5 Å². The van der Waals surface area contributed by atoms with E-state index in [0.29, 0.717) is 12.1 Å². The smallest absolute Gasteiger partial charge is 0.143 e. The van der Waals surface area contributed by atoms with Gasteiger partial charge in [-0.1, -0.05) is 0 Å². The van der Waals surface area contributed by atoms with Gasteiger partial charge in [-0.25, -0.2) is 9.67 Å². The summed E-state index contributed by atoms with van der Waals surface area (Å²) in [6.45, 7) is 1.03. The Kier molecular flexibility index (Phi) is 2.21. The van der Waals surface area contributed by atoms with Gasteiger partial charge in [0.25, 0.3) is 0 Å². The lowest BCUT2D eigenvalue weighted by atomic mass is 10.1. The minimum absolute atomic E-state index is 0.442. The Bertz CT molecular complexity index is 320. The normalized spacial score (nSPS) is 27.0. The summed E-state index contributed by atoms with van der Waals surface area (Å²) in [4.78, 5) is 4.33. The molecular weight excluding hydrogens is 196 g/mol. The summed E-state index contributed by atoms with van der Waals surface area (Å²) >= 11 is 2.01. The van der Waals surface area contributed by atoms with Crippen LogP contribution in [0.2, 0.25) is 0 Å². The van der Waals surface area contributed by atoms with E-state index >= 15 is 0 Å². The first-order valence-corrected chi connectivity index (χ1v) is 6.30. The number of fused-ring (bicyclic) bond motifs is 1. The second kappa shape index (κ2) is 3.55. The van der Waals surface area contributed by atoms with Crippen molar-refractivity contribution in [2.45, 2.75) is 31.5 Å². The number of nitrogens with one attached hydrogen (secondary N) is 1. The fourth-order valence-electron chi connectivity index (χ4n) is 2.06. The Morgan fingerprint density at radius 3 is 3.21 bits per heavy atom. The maximum absolute atomic E-state index is 4.33. The molecule has 76 valence electrons. The Hall–Kier alpha value is -0.550. The third kappa shape index (κ3) is 1.44. The largest absolute Gasteiger partial charge is 0.303 e. The van der Waals surface area contributed by atoms with Gasteiger partial charge in [-0.15, -0.1) is 0 Å². The van der Waals surface area contributed by atoms with Gasteiger partial charge in [-0.05, 0) is 12.8 Å². The van der Waals surface area contributed by atoms with Crippen molar-refractivity contribution < 1.29 is 0 Å². The predicted octanol–water partition coefficient (Wildman–Crippen LogP) is 0.818. The van der Waals surface area contributed by atoms with Crippen LogP contribution in [0.15, 0.2) is 6.33 Å². The van der Waals surface area contributed by atoms with Gasteiger partial charge in [-0.2, -0.15) is 16.9 Å². The molecular formula is C9H14N4S. The van der Waals surface area contributed by atoms with E-state index in [1.165, 1.54) is 24.3 Å². The number of hydrogen-bond donors (Lipinski definition) is 1. The second-order valence-corrected chi connectivity index (χ2v) is 5.01. The number of rotatable bonds is 2. The van der Waals surface area contributed by atoms with Crippen molar-refractivity contribution in [2.24, 2.45) is 0 Å². The average Bonchev–Trinajstić information content (AvgIpc) is 2.59. The van der Waals surface area contributed by atoms with Crippen LogP contribution in [0.1, 0.15) is 24.7 Å². The van der Waals surface area contributed by atoms with E-state index in [1.807, 2.05) is 16.4 Å². The molecule has 1 fully saturated rings. The first-order valence-electron chi connectivity index (χ1n) is 5.15. The lowest BCUT2D eigenvalue weighted by Gasteiger charge is -2.32. The zero-order valence-electron chi connectivity index (χ0n) is 8.02. The zero-order chi connectivity index (χ0) is 9.38. The highest BCUT2D eigenvalue weighted by Crippen LogP contribution is 2.26. The van der Waals surface area contributed by atoms with Crippen molar-refractivity contribution in [3.05, 3.63) is 12.2 Å².